The van der Waals surface area contributed by atoms with Crippen molar-refractivity contribution < 1.29 is 14.3 Å². The maximum absolute atomic E-state index is 11.8. The topological polar surface area (TPSA) is 67.4 Å². The van der Waals surface area contributed by atoms with Gasteiger partial charge in [0.05, 0.1) is 0 Å². The van der Waals surface area contributed by atoms with Crippen molar-refractivity contribution in [3.8, 4) is 5.75 Å². The van der Waals surface area contributed by atoms with Gasteiger partial charge < -0.3 is 4.74 Å². The molecular weight excluding hydrogens is 292 g/mol. The molecule has 2 N–H and O–H groups in total. The van der Waals surface area contributed by atoms with Gasteiger partial charge >= 0.3 is 0 Å². The lowest BCUT2D eigenvalue weighted by Crippen LogP contribution is -2.44. The normalized spacial score (nSPS) is 14.7. The van der Waals surface area contributed by atoms with Gasteiger partial charge in [0.25, 0.3) is 5.91 Å². The van der Waals surface area contributed by atoms with Crippen LogP contribution >= 0.6 is 0 Å². The van der Waals surface area contributed by atoms with Crippen LogP contribution in [0, 0.1) is 5.92 Å². The molecule has 5 heteroatoms. The zero-order valence-corrected chi connectivity index (χ0v) is 13.9. The van der Waals surface area contributed by atoms with Crippen molar-refractivity contribution in [3.05, 3.63) is 29.8 Å². The number of carbonyl (C=O) groups excluding carboxylic acids is 2. The molecule has 1 aliphatic carbocycles. The largest absolute Gasteiger partial charge is 0.483 e. The highest BCUT2D eigenvalue weighted by atomic mass is 16.5. The summed E-state index contributed by atoms with van der Waals surface area (Å²) in [5.74, 6) is 0.993. The Kier molecular flexibility index (Phi) is 6.44. The quantitative estimate of drug-likeness (QED) is 0.793. The van der Waals surface area contributed by atoms with E-state index >= 15 is 0 Å². The van der Waals surface area contributed by atoms with Gasteiger partial charge in [0.2, 0.25) is 5.91 Å². The Morgan fingerprint density at radius 2 is 1.78 bits per heavy atom. The Labute approximate surface area is 137 Å². The molecule has 1 aromatic carbocycles. The highest BCUT2D eigenvalue weighted by molar-refractivity contribution is 5.82. The van der Waals surface area contributed by atoms with Crippen LogP contribution in [-0.2, 0) is 9.59 Å². The highest BCUT2D eigenvalue weighted by Gasteiger charge is 2.18. The molecule has 126 valence electrons. The van der Waals surface area contributed by atoms with Gasteiger partial charge in [-0.1, -0.05) is 44.9 Å². The van der Waals surface area contributed by atoms with E-state index in [1.165, 1.54) is 12.8 Å². The number of amides is 2. The number of hydrogen-bond donors (Lipinski definition) is 2. The molecule has 1 saturated carbocycles. The maximum Gasteiger partial charge on any atom is 0.276 e. The average Bonchev–Trinajstić information content (AvgIpc) is 3.04. The monoisotopic (exact) mass is 318 g/mol. The smallest absolute Gasteiger partial charge is 0.276 e. The molecule has 5 nitrogen and oxygen atoms in total. The predicted molar refractivity (Wildman–Crippen MR) is 88.9 cm³/mol. The van der Waals surface area contributed by atoms with Gasteiger partial charge in [0.1, 0.15) is 5.75 Å². The highest BCUT2D eigenvalue weighted by Crippen LogP contribution is 2.27. The number of nitrogens with one attached hydrogen (secondary N) is 2. The van der Waals surface area contributed by atoms with Crippen LogP contribution in [0.25, 0.3) is 0 Å². The Bertz CT molecular complexity index is 537. The van der Waals surface area contributed by atoms with Crippen molar-refractivity contribution in [2.24, 2.45) is 5.92 Å². The Hall–Kier alpha value is -2.04. The number of rotatable bonds is 6. The average molecular weight is 318 g/mol. The Morgan fingerprint density at radius 3 is 2.48 bits per heavy atom. The minimum Gasteiger partial charge on any atom is -0.483 e. The van der Waals surface area contributed by atoms with E-state index in [1.54, 1.807) is 0 Å². The summed E-state index contributed by atoms with van der Waals surface area (Å²) in [4.78, 5) is 23.5. The lowest BCUT2D eigenvalue weighted by atomic mass is 10.0. The van der Waals surface area contributed by atoms with Gasteiger partial charge in [-0.15, -0.1) is 0 Å². The SMILES string of the molecule is CC(C)c1ccccc1OCC(=O)NNC(=O)CC1CCCC1. The second kappa shape index (κ2) is 8.56. The number of carbonyl (C=O) groups is 2. The third-order valence-corrected chi connectivity index (χ3v) is 4.19. The predicted octanol–water partition coefficient (Wildman–Crippen LogP) is 2.92. The van der Waals surface area contributed by atoms with E-state index in [-0.39, 0.29) is 18.4 Å². The fourth-order valence-corrected chi connectivity index (χ4v) is 2.94. The first-order chi connectivity index (χ1) is 11.1. The molecule has 2 rings (SSSR count). The summed E-state index contributed by atoms with van der Waals surface area (Å²) in [6, 6.07) is 7.66. The van der Waals surface area contributed by atoms with Gasteiger partial charge in [-0.25, -0.2) is 0 Å². The standard InChI is InChI=1S/C18H26N2O3/c1-13(2)15-9-5-6-10-16(15)23-12-18(22)20-19-17(21)11-14-7-3-4-8-14/h5-6,9-10,13-14H,3-4,7-8,11-12H2,1-2H3,(H,19,21)(H,20,22). The fraction of sp³-hybridized carbons (Fsp3) is 0.556. The van der Waals surface area contributed by atoms with Crippen LogP contribution in [0.2, 0.25) is 0 Å². The third-order valence-electron chi connectivity index (χ3n) is 4.19. The molecule has 1 fully saturated rings. The first-order valence-corrected chi connectivity index (χ1v) is 8.35. The van der Waals surface area contributed by atoms with Gasteiger partial charge in [0.15, 0.2) is 6.61 Å². The number of para-hydroxylation sites is 1. The van der Waals surface area contributed by atoms with Crippen molar-refractivity contribution in [1.29, 1.82) is 0 Å². The van der Waals surface area contributed by atoms with Crippen LogP contribution in [0.15, 0.2) is 24.3 Å². The van der Waals surface area contributed by atoms with E-state index in [4.69, 9.17) is 4.74 Å². The summed E-state index contributed by atoms with van der Waals surface area (Å²) in [7, 11) is 0. The number of hydrogen-bond acceptors (Lipinski definition) is 3. The molecule has 0 atom stereocenters. The molecule has 1 aromatic rings. The van der Waals surface area contributed by atoms with Crippen molar-refractivity contribution in [3.63, 3.8) is 0 Å². The van der Waals surface area contributed by atoms with Gasteiger partial charge in [-0.2, -0.15) is 0 Å². The van der Waals surface area contributed by atoms with Crippen LogP contribution in [0.5, 0.6) is 5.75 Å². The molecule has 0 spiro atoms. The number of hydrazine groups is 1. The van der Waals surface area contributed by atoms with E-state index in [9.17, 15) is 9.59 Å². The maximum atomic E-state index is 11.8. The molecule has 0 aliphatic heterocycles. The van der Waals surface area contributed by atoms with Crippen LogP contribution in [0.4, 0.5) is 0 Å². The molecule has 0 heterocycles. The lowest BCUT2D eigenvalue weighted by molar-refractivity contribution is -0.130. The Balaban J connectivity index is 1.71. The second-order valence-corrected chi connectivity index (χ2v) is 6.43. The van der Waals surface area contributed by atoms with E-state index in [2.05, 4.69) is 24.7 Å². The lowest BCUT2D eigenvalue weighted by Gasteiger charge is -2.14. The van der Waals surface area contributed by atoms with E-state index < -0.39 is 0 Å². The van der Waals surface area contributed by atoms with Crippen molar-refractivity contribution in [1.82, 2.24) is 10.9 Å². The summed E-state index contributed by atoms with van der Waals surface area (Å²) >= 11 is 0. The first kappa shape index (κ1) is 17.3. The van der Waals surface area contributed by atoms with Crippen LogP contribution < -0.4 is 15.6 Å². The summed E-state index contributed by atoms with van der Waals surface area (Å²) in [5.41, 5.74) is 5.94. The van der Waals surface area contributed by atoms with Gasteiger partial charge in [-0.3, -0.25) is 20.4 Å². The van der Waals surface area contributed by atoms with Crippen molar-refractivity contribution in [2.45, 2.75) is 51.9 Å². The molecule has 0 unspecified atom stereocenters. The summed E-state index contributed by atoms with van der Waals surface area (Å²) in [5, 5.41) is 0. The Morgan fingerprint density at radius 1 is 1.13 bits per heavy atom. The zero-order chi connectivity index (χ0) is 16.7. The molecule has 1 aliphatic rings. The van der Waals surface area contributed by atoms with Crippen LogP contribution in [-0.4, -0.2) is 18.4 Å². The van der Waals surface area contributed by atoms with Gasteiger partial charge in [-0.05, 0) is 36.3 Å². The summed E-state index contributed by atoms with van der Waals surface area (Å²) in [6.45, 7) is 4.03. The minimum atomic E-state index is -0.358. The molecule has 0 saturated heterocycles. The van der Waals surface area contributed by atoms with Crippen LogP contribution in [0.3, 0.4) is 0 Å². The minimum absolute atomic E-state index is 0.118. The van der Waals surface area contributed by atoms with E-state index in [1.807, 2.05) is 24.3 Å². The van der Waals surface area contributed by atoms with Crippen molar-refractivity contribution >= 4 is 11.8 Å². The zero-order valence-electron chi connectivity index (χ0n) is 13.9. The van der Waals surface area contributed by atoms with Crippen molar-refractivity contribution in [2.75, 3.05) is 6.61 Å². The molecule has 2 amide bonds. The first-order valence-electron chi connectivity index (χ1n) is 8.35. The number of benzene rings is 1. The molecular formula is C18H26N2O3. The van der Waals surface area contributed by atoms with E-state index in [0.717, 1.165) is 18.4 Å². The third kappa shape index (κ3) is 5.58. The fourth-order valence-electron chi connectivity index (χ4n) is 2.94. The van der Waals surface area contributed by atoms with Crippen LogP contribution in [0.1, 0.15) is 57.4 Å². The number of ether oxygens (including phenoxy) is 1. The molecule has 0 bridgehead atoms. The molecule has 0 radical (unpaired) electrons. The second-order valence-electron chi connectivity index (χ2n) is 6.43. The van der Waals surface area contributed by atoms with E-state index in [0.29, 0.717) is 24.0 Å². The summed E-state index contributed by atoms with van der Waals surface area (Å²) in [6.07, 6.45) is 5.10. The molecule has 23 heavy (non-hydrogen) atoms. The summed E-state index contributed by atoms with van der Waals surface area (Å²) < 4.78 is 5.56. The molecule has 0 aromatic heterocycles. The van der Waals surface area contributed by atoms with Gasteiger partial charge in [0, 0.05) is 6.42 Å².